The average Bonchev–Trinajstić information content (AvgIpc) is 1.85. The maximum atomic E-state index is 12.9. The molecule has 0 saturated carbocycles. The van der Waals surface area contributed by atoms with Crippen molar-refractivity contribution in [2.24, 2.45) is 0 Å². The molecule has 0 unspecified atom stereocenters. The monoisotopic (exact) mass is 237 g/mol. The molecule has 1 rings (SSSR count). The van der Waals surface area contributed by atoms with Gasteiger partial charge < -0.3 is 5.32 Å². The average molecular weight is 238 g/mol. The molecule has 1 nitrogen and oxygen atoms in total. The Balaban J connectivity index is 3.25. The first-order chi connectivity index (χ1) is 5.15. The Morgan fingerprint density at radius 3 is 2.64 bits per heavy atom. The zero-order chi connectivity index (χ0) is 8.43. The van der Waals surface area contributed by atoms with Crippen LogP contribution in [0.3, 0.4) is 0 Å². The van der Waals surface area contributed by atoms with Crippen molar-refractivity contribution in [2.75, 3.05) is 12.4 Å². The number of benzene rings is 1. The minimum absolute atomic E-state index is 0.329. The summed E-state index contributed by atoms with van der Waals surface area (Å²) in [4.78, 5) is 0. The molecule has 1 aromatic rings. The lowest BCUT2D eigenvalue weighted by molar-refractivity contribution is 0.630. The quantitative estimate of drug-likeness (QED) is 0.792. The summed E-state index contributed by atoms with van der Waals surface area (Å²) >= 11 is 8.83. The molecule has 0 spiro atoms. The number of rotatable bonds is 1. The van der Waals surface area contributed by atoms with Crippen molar-refractivity contribution in [3.8, 4) is 0 Å². The summed E-state index contributed by atoms with van der Waals surface area (Å²) in [7, 11) is 1.62. The fourth-order valence-electron chi connectivity index (χ4n) is 0.781. The van der Waals surface area contributed by atoms with Crippen LogP contribution in [-0.4, -0.2) is 7.05 Å². The summed E-state index contributed by atoms with van der Waals surface area (Å²) in [5.41, 5.74) is 0.329. The molecular weight excluding hydrogens is 232 g/mol. The first-order valence-electron chi connectivity index (χ1n) is 2.97. The summed E-state index contributed by atoms with van der Waals surface area (Å²) in [5, 5.41) is 3.04. The number of anilines is 1. The van der Waals surface area contributed by atoms with Crippen LogP contribution in [0.4, 0.5) is 10.1 Å². The number of halogens is 3. The second-order valence-corrected chi connectivity index (χ2v) is 3.32. The zero-order valence-corrected chi connectivity index (χ0v) is 8.13. The third kappa shape index (κ3) is 1.84. The normalized spacial score (nSPS) is 9.82. The van der Waals surface area contributed by atoms with Crippen LogP contribution >= 0.6 is 27.5 Å². The molecule has 0 aliphatic carbocycles. The van der Waals surface area contributed by atoms with Gasteiger partial charge in [-0.1, -0.05) is 27.5 Å². The molecule has 0 fully saturated rings. The van der Waals surface area contributed by atoms with Gasteiger partial charge in [-0.2, -0.15) is 0 Å². The summed E-state index contributed by atoms with van der Waals surface area (Å²) in [6.07, 6.45) is 0. The third-order valence-electron chi connectivity index (χ3n) is 1.26. The van der Waals surface area contributed by atoms with Gasteiger partial charge in [0.05, 0.1) is 10.7 Å². The topological polar surface area (TPSA) is 12.0 Å². The van der Waals surface area contributed by atoms with Crippen molar-refractivity contribution in [3.05, 3.63) is 27.4 Å². The molecule has 0 heterocycles. The van der Waals surface area contributed by atoms with Gasteiger partial charge in [0, 0.05) is 11.5 Å². The predicted octanol–water partition coefficient (Wildman–Crippen LogP) is 3.28. The fraction of sp³-hybridized carbons (Fsp3) is 0.143. The van der Waals surface area contributed by atoms with E-state index in [0.29, 0.717) is 15.2 Å². The summed E-state index contributed by atoms with van der Waals surface area (Å²) < 4.78 is 13.6. The maximum absolute atomic E-state index is 12.9. The van der Waals surface area contributed by atoms with Crippen LogP contribution in [0.15, 0.2) is 16.6 Å². The van der Waals surface area contributed by atoms with E-state index in [1.54, 1.807) is 13.1 Å². The van der Waals surface area contributed by atoms with Gasteiger partial charge in [-0.3, -0.25) is 0 Å². The number of hydrogen-bond acceptors (Lipinski definition) is 1. The molecule has 1 aromatic carbocycles. The molecule has 0 aliphatic rings. The van der Waals surface area contributed by atoms with E-state index in [1.165, 1.54) is 6.07 Å². The second kappa shape index (κ2) is 3.41. The molecule has 60 valence electrons. The van der Waals surface area contributed by atoms with Crippen molar-refractivity contribution < 1.29 is 4.39 Å². The number of nitrogens with one attached hydrogen (secondary N) is 1. The molecular formula is C7H6BrClFN. The minimum Gasteiger partial charge on any atom is -0.385 e. The van der Waals surface area contributed by atoms with Gasteiger partial charge in [0.25, 0.3) is 0 Å². The van der Waals surface area contributed by atoms with Crippen LogP contribution in [0.25, 0.3) is 0 Å². The van der Waals surface area contributed by atoms with Crippen LogP contribution < -0.4 is 5.32 Å². The van der Waals surface area contributed by atoms with E-state index in [0.717, 1.165) is 0 Å². The van der Waals surface area contributed by atoms with Crippen molar-refractivity contribution in [1.29, 1.82) is 0 Å². The smallest absolute Gasteiger partial charge is 0.148 e. The Hall–Kier alpha value is -0.280. The van der Waals surface area contributed by atoms with Gasteiger partial charge >= 0.3 is 0 Å². The summed E-state index contributed by atoms with van der Waals surface area (Å²) in [6.45, 7) is 0. The molecule has 0 aliphatic heterocycles. The van der Waals surface area contributed by atoms with Crippen molar-refractivity contribution in [2.45, 2.75) is 0 Å². The molecule has 4 heteroatoms. The summed E-state index contributed by atoms with van der Waals surface area (Å²) in [5.74, 6) is -0.355. The Kier molecular flexibility index (Phi) is 2.73. The highest BCUT2D eigenvalue weighted by Gasteiger charge is 2.05. The Morgan fingerprint density at radius 1 is 1.55 bits per heavy atom. The second-order valence-electron chi connectivity index (χ2n) is 1.99. The van der Waals surface area contributed by atoms with E-state index < -0.39 is 0 Å². The van der Waals surface area contributed by atoms with Crippen molar-refractivity contribution in [3.63, 3.8) is 0 Å². The SMILES string of the molecule is CNc1c(F)cc(Br)cc1Cl. The van der Waals surface area contributed by atoms with Gasteiger partial charge in [-0.05, 0) is 12.1 Å². The lowest BCUT2D eigenvalue weighted by Crippen LogP contribution is -1.93. The van der Waals surface area contributed by atoms with E-state index >= 15 is 0 Å². The van der Waals surface area contributed by atoms with Gasteiger partial charge in [0.2, 0.25) is 0 Å². The Morgan fingerprint density at radius 2 is 2.18 bits per heavy atom. The van der Waals surface area contributed by atoms with Gasteiger partial charge in [0.1, 0.15) is 5.82 Å². The lowest BCUT2D eigenvalue weighted by Gasteiger charge is -2.04. The van der Waals surface area contributed by atoms with E-state index in [2.05, 4.69) is 21.2 Å². The molecule has 0 saturated heterocycles. The molecule has 0 radical (unpaired) electrons. The third-order valence-corrected chi connectivity index (χ3v) is 2.01. The fourth-order valence-corrected chi connectivity index (χ4v) is 1.65. The minimum atomic E-state index is -0.355. The molecule has 0 aromatic heterocycles. The first-order valence-corrected chi connectivity index (χ1v) is 4.14. The zero-order valence-electron chi connectivity index (χ0n) is 5.79. The Bertz CT molecular complexity index is 254. The van der Waals surface area contributed by atoms with Crippen molar-refractivity contribution in [1.82, 2.24) is 0 Å². The van der Waals surface area contributed by atoms with Gasteiger partial charge in [0.15, 0.2) is 0 Å². The lowest BCUT2D eigenvalue weighted by atomic mass is 10.3. The predicted molar refractivity (Wildman–Crippen MR) is 48.7 cm³/mol. The van der Waals surface area contributed by atoms with Crippen molar-refractivity contribution >= 4 is 33.2 Å². The van der Waals surface area contributed by atoms with Crippen LogP contribution in [0.1, 0.15) is 0 Å². The maximum Gasteiger partial charge on any atom is 0.148 e. The molecule has 0 amide bonds. The summed E-state index contributed by atoms with van der Waals surface area (Å²) in [6, 6.07) is 2.99. The van der Waals surface area contributed by atoms with Crippen LogP contribution in [0.2, 0.25) is 5.02 Å². The van der Waals surface area contributed by atoms with Gasteiger partial charge in [-0.25, -0.2) is 4.39 Å². The largest absolute Gasteiger partial charge is 0.385 e. The van der Waals surface area contributed by atoms with E-state index in [4.69, 9.17) is 11.6 Å². The van der Waals surface area contributed by atoms with E-state index in [-0.39, 0.29) is 5.82 Å². The highest BCUT2D eigenvalue weighted by molar-refractivity contribution is 9.10. The Labute approximate surface area is 77.7 Å². The molecule has 1 N–H and O–H groups in total. The molecule has 0 atom stereocenters. The van der Waals surface area contributed by atoms with E-state index in [9.17, 15) is 4.39 Å². The highest BCUT2D eigenvalue weighted by atomic mass is 79.9. The standard InChI is InChI=1S/C7H6BrClFN/c1-11-7-5(9)2-4(8)3-6(7)10/h2-3,11H,1H3. The number of hydrogen-bond donors (Lipinski definition) is 1. The molecule has 11 heavy (non-hydrogen) atoms. The van der Waals surface area contributed by atoms with Crippen LogP contribution in [0.5, 0.6) is 0 Å². The van der Waals surface area contributed by atoms with Crippen LogP contribution in [0, 0.1) is 5.82 Å². The van der Waals surface area contributed by atoms with Crippen LogP contribution in [-0.2, 0) is 0 Å². The first kappa shape index (κ1) is 8.81. The van der Waals surface area contributed by atoms with E-state index in [1.807, 2.05) is 0 Å². The highest BCUT2D eigenvalue weighted by Crippen LogP contribution is 2.28. The molecule has 0 bridgehead atoms. The van der Waals surface area contributed by atoms with Gasteiger partial charge in [-0.15, -0.1) is 0 Å².